The number of ether oxygens (including phenoxy) is 2. The molecule has 1 N–H and O–H groups in total. The number of hydrogen-bond acceptors (Lipinski definition) is 4. The van der Waals surface area contributed by atoms with Crippen LogP contribution in [0.15, 0.2) is 72.8 Å². The second-order valence-corrected chi connectivity index (χ2v) is 7.48. The lowest BCUT2D eigenvalue weighted by atomic mass is 10.1. The third-order valence-electron chi connectivity index (χ3n) is 4.90. The molecule has 1 unspecified atom stereocenters. The van der Waals surface area contributed by atoms with Gasteiger partial charge in [-0.15, -0.1) is 0 Å². The first kappa shape index (κ1) is 20.3. The molecular formula is C24H23ClN2O3. The number of nitrogens with zero attached hydrogens (tertiary/aromatic N) is 2. The van der Waals surface area contributed by atoms with Crippen LogP contribution in [0.3, 0.4) is 0 Å². The van der Waals surface area contributed by atoms with Gasteiger partial charge in [0.05, 0.1) is 24.7 Å². The van der Waals surface area contributed by atoms with E-state index in [9.17, 15) is 5.11 Å². The quantitative estimate of drug-likeness (QED) is 0.446. The van der Waals surface area contributed by atoms with Gasteiger partial charge in [-0.25, -0.2) is 4.98 Å². The second kappa shape index (κ2) is 9.20. The van der Waals surface area contributed by atoms with Crippen LogP contribution in [-0.4, -0.2) is 34.5 Å². The van der Waals surface area contributed by atoms with Crippen molar-refractivity contribution >= 4 is 22.6 Å². The van der Waals surface area contributed by atoms with Gasteiger partial charge in [0.2, 0.25) is 0 Å². The zero-order chi connectivity index (χ0) is 20.9. The van der Waals surface area contributed by atoms with Gasteiger partial charge in [-0.05, 0) is 42.0 Å². The first-order valence-corrected chi connectivity index (χ1v) is 10.1. The molecule has 1 atom stereocenters. The normalized spacial score (nSPS) is 12.1. The van der Waals surface area contributed by atoms with Crippen molar-refractivity contribution < 1.29 is 14.6 Å². The van der Waals surface area contributed by atoms with Crippen LogP contribution in [0.1, 0.15) is 11.4 Å². The number of hydrogen-bond donors (Lipinski definition) is 1. The van der Waals surface area contributed by atoms with E-state index in [0.717, 1.165) is 22.4 Å². The molecule has 3 aromatic carbocycles. The zero-order valence-electron chi connectivity index (χ0n) is 16.7. The summed E-state index contributed by atoms with van der Waals surface area (Å²) in [5.41, 5.74) is 2.99. The van der Waals surface area contributed by atoms with E-state index in [1.807, 2.05) is 72.8 Å². The first-order chi connectivity index (χ1) is 14.6. The summed E-state index contributed by atoms with van der Waals surface area (Å²) in [5, 5.41) is 11.4. The van der Waals surface area contributed by atoms with E-state index < -0.39 is 6.10 Å². The Hall–Kier alpha value is -3.02. The molecule has 0 aliphatic heterocycles. The summed E-state index contributed by atoms with van der Waals surface area (Å²) in [5.74, 6) is 2.13. The summed E-state index contributed by atoms with van der Waals surface area (Å²) >= 11 is 6.01. The third kappa shape index (κ3) is 4.58. The highest BCUT2D eigenvalue weighted by Gasteiger charge is 2.16. The average Bonchev–Trinajstić information content (AvgIpc) is 3.11. The van der Waals surface area contributed by atoms with Gasteiger partial charge < -0.3 is 19.1 Å². The Balaban J connectivity index is 1.54. The molecule has 0 aliphatic rings. The lowest BCUT2D eigenvalue weighted by molar-refractivity contribution is 0.0913. The number of rotatable bonds is 8. The Morgan fingerprint density at radius 1 is 0.967 bits per heavy atom. The third-order valence-corrected chi connectivity index (χ3v) is 5.15. The Labute approximate surface area is 180 Å². The maximum atomic E-state index is 10.7. The van der Waals surface area contributed by atoms with Gasteiger partial charge in [-0.1, -0.05) is 48.0 Å². The predicted octanol–water partition coefficient (Wildman–Crippen LogP) is 4.73. The summed E-state index contributed by atoms with van der Waals surface area (Å²) in [6, 6.07) is 23.1. The molecular weight excluding hydrogens is 400 g/mol. The summed E-state index contributed by atoms with van der Waals surface area (Å²) in [4.78, 5) is 4.79. The lowest BCUT2D eigenvalue weighted by Crippen LogP contribution is -2.24. The fourth-order valence-electron chi connectivity index (χ4n) is 3.44. The van der Waals surface area contributed by atoms with Crippen LogP contribution < -0.4 is 9.47 Å². The Kier molecular flexibility index (Phi) is 6.21. The molecule has 154 valence electrons. The molecule has 5 nitrogen and oxygen atoms in total. The van der Waals surface area contributed by atoms with Gasteiger partial charge in [-0.2, -0.15) is 0 Å². The summed E-state index contributed by atoms with van der Waals surface area (Å²) in [6.45, 7) is 0.520. The molecule has 6 heteroatoms. The summed E-state index contributed by atoms with van der Waals surface area (Å²) in [7, 11) is 1.60. The molecule has 0 spiro atoms. The highest BCUT2D eigenvalue weighted by atomic mass is 35.5. The van der Waals surface area contributed by atoms with Crippen molar-refractivity contribution in [3.63, 3.8) is 0 Å². The molecule has 30 heavy (non-hydrogen) atoms. The van der Waals surface area contributed by atoms with Crippen molar-refractivity contribution in [3.8, 4) is 11.5 Å². The van der Waals surface area contributed by atoms with Crippen LogP contribution in [-0.2, 0) is 13.0 Å². The number of halogens is 1. The first-order valence-electron chi connectivity index (χ1n) is 9.76. The van der Waals surface area contributed by atoms with E-state index in [-0.39, 0.29) is 6.61 Å². The van der Waals surface area contributed by atoms with Gasteiger partial charge in [-0.3, -0.25) is 0 Å². The molecule has 4 aromatic rings. The van der Waals surface area contributed by atoms with Crippen molar-refractivity contribution in [1.82, 2.24) is 9.55 Å². The van der Waals surface area contributed by atoms with E-state index >= 15 is 0 Å². The van der Waals surface area contributed by atoms with Crippen LogP contribution in [0, 0.1) is 0 Å². The number of aromatic nitrogens is 2. The molecule has 1 aromatic heterocycles. The molecule has 0 saturated heterocycles. The molecule has 0 amide bonds. The van der Waals surface area contributed by atoms with E-state index in [1.54, 1.807) is 7.11 Å². The zero-order valence-corrected chi connectivity index (χ0v) is 17.4. The van der Waals surface area contributed by atoms with Crippen LogP contribution >= 0.6 is 11.6 Å². The maximum absolute atomic E-state index is 10.7. The molecule has 4 rings (SSSR count). The maximum Gasteiger partial charge on any atom is 0.161 e. The molecule has 1 heterocycles. The van der Waals surface area contributed by atoms with Crippen molar-refractivity contribution in [2.45, 2.75) is 19.1 Å². The lowest BCUT2D eigenvalue weighted by Gasteiger charge is -2.17. The topological polar surface area (TPSA) is 56.5 Å². The highest BCUT2D eigenvalue weighted by Crippen LogP contribution is 2.26. The van der Waals surface area contributed by atoms with E-state index in [4.69, 9.17) is 26.1 Å². The minimum atomic E-state index is -0.712. The van der Waals surface area contributed by atoms with E-state index in [2.05, 4.69) is 4.57 Å². The SMILES string of the molecule is COc1ccccc1OCC(O)Cn1c(Cc2ccc(Cl)cc2)nc2ccccc21. The smallest absolute Gasteiger partial charge is 0.161 e. The molecule has 0 aliphatic carbocycles. The highest BCUT2D eigenvalue weighted by molar-refractivity contribution is 6.30. The van der Waals surface area contributed by atoms with E-state index in [0.29, 0.717) is 29.5 Å². The number of methoxy groups -OCH3 is 1. The van der Waals surface area contributed by atoms with Crippen molar-refractivity contribution in [1.29, 1.82) is 0 Å². The Morgan fingerprint density at radius 3 is 2.43 bits per heavy atom. The second-order valence-electron chi connectivity index (χ2n) is 7.05. The van der Waals surface area contributed by atoms with Gasteiger partial charge >= 0.3 is 0 Å². The molecule has 0 fully saturated rings. The van der Waals surface area contributed by atoms with Crippen molar-refractivity contribution in [2.75, 3.05) is 13.7 Å². The Morgan fingerprint density at radius 2 is 1.67 bits per heavy atom. The molecule has 0 radical (unpaired) electrons. The largest absolute Gasteiger partial charge is 0.493 e. The van der Waals surface area contributed by atoms with Crippen LogP contribution in [0.5, 0.6) is 11.5 Å². The van der Waals surface area contributed by atoms with Crippen molar-refractivity contribution in [3.05, 3.63) is 89.2 Å². The standard InChI is InChI=1S/C24H23ClN2O3/c1-29-22-8-4-5-9-23(22)30-16-19(28)15-27-21-7-3-2-6-20(21)26-24(27)14-17-10-12-18(25)13-11-17/h2-13,19,28H,14-16H2,1H3. The number of benzene rings is 3. The number of para-hydroxylation sites is 4. The van der Waals surface area contributed by atoms with Gasteiger partial charge in [0.1, 0.15) is 18.5 Å². The van der Waals surface area contributed by atoms with Gasteiger partial charge in [0.15, 0.2) is 11.5 Å². The Bertz CT molecular complexity index is 1120. The number of aliphatic hydroxyl groups is 1. The summed E-state index contributed by atoms with van der Waals surface area (Å²) in [6.07, 6.45) is -0.0668. The average molecular weight is 423 g/mol. The predicted molar refractivity (Wildman–Crippen MR) is 118 cm³/mol. The monoisotopic (exact) mass is 422 g/mol. The van der Waals surface area contributed by atoms with E-state index in [1.165, 1.54) is 0 Å². The number of aliphatic hydroxyl groups excluding tert-OH is 1. The minimum Gasteiger partial charge on any atom is -0.493 e. The van der Waals surface area contributed by atoms with Gasteiger partial charge in [0.25, 0.3) is 0 Å². The minimum absolute atomic E-state index is 0.146. The van der Waals surface area contributed by atoms with Crippen molar-refractivity contribution in [2.24, 2.45) is 0 Å². The molecule has 0 saturated carbocycles. The van der Waals surface area contributed by atoms with Crippen LogP contribution in [0.4, 0.5) is 0 Å². The van der Waals surface area contributed by atoms with Gasteiger partial charge in [0, 0.05) is 11.4 Å². The van der Waals surface area contributed by atoms with Crippen LogP contribution in [0.25, 0.3) is 11.0 Å². The van der Waals surface area contributed by atoms with Crippen LogP contribution in [0.2, 0.25) is 5.02 Å². The fraction of sp³-hybridized carbons (Fsp3) is 0.208. The summed E-state index contributed by atoms with van der Waals surface area (Å²) < 4.78 is 13.2. The number of fused-ring (bicyclic) bond motifs is 1. The number of imidazole rings is 1. The molecule has 0 bridgehead atoms. The fourth-order valence-corrected chi connectivity index (χ4v) is 3.56.